The van der Waals surface area contributed by atoms with Gasteiger partial charge in [0, 0.05) is 11.9 Å². The van der Waals surface area contributed by atoms with Crippen molar-refractivity contribution in [1.82, 2.24) is 19.7 Å². The van der Waals surface area contributed by atoms with Crippen molar-refractivity contribution in [3.63, 3.8) is 0 Å². The summed E-state index contributed by atoms with van der Waals surface area (Å²) in [5.74, 6) is 0.949. The first-order valence-corrected chi connectivity index (χ1v) is 9.21. The summed E-state index contributed by atoms with van der Waals surface area (Å²) in [6.07, 6.45) is 6.05. The van der Waals surface area contributed by atoms with E-state index in [1.165, 1.54) is 18.5 Å². The normalized spacial score (nSPS) is 23.4. The van der Waals surface area contributed by atoms with E-state index in [9.17, 15) is 9.36 Å². The second-order valence-electron chi connectivity index (χ2n) is 5.71. The van der Waals surface area contributed by atoms with Gasteiger partial charge in [0.05, 0.1) is 17.2 Å². The fraction of sp³-hybridized carbons (Fsp3) is 0.286. The Kier molecular flexibility index (Phi) is 3.77. The molecule has 0 bridgehead atoms. The van der Waals surface area contributed by atoms with Crippen LogP contribution in [-0.4, -0.2) is 41.5 Å². The molecule has 1 saturated heterocycles. The molecule has 2 aliphatic rings. The number of carbonyl (C=O) groups excluding carboxylic acids is 1. The van der Waals surface area contributed by atoms with Gasteiger partial charge in [-0.2, -0.15) is 5.10 Å². The van der Waals surface area contributed by atoms with Gasteiger partial charge in [0.15, 0.2) is 11.9 Å². The maximum Gasteiger partial charge on any atom is 0.348 e. The van der Waals surface area contributed by atoms with Crippen LogP contribution in [-0.2, 0) is 14.1 Å². The van der Waals surface area contributed by atoms with E-state index in [1.54, 1.807) is 10.8 Å². The van der Waals surface area contributed by atoms with Crippen LogP contribution in [0.3, 0.4) is 0 Å². The molecule has 2 aromatic rings. The molecule has 2 aliphatic heterocycles. The molecule has 4 rings (SSSR count). The van der Waals surface area contributed by atoms with Crippen LogP contribution in [0, 0.1) is 0 Å². The minimum absolute atomic E-state index is 0.288. The Bertz CT molecular complexity index is 962. The zero-order chi connectivity index (χ0) is 17.6. The molecule has 2 atom stereocenters. The number of rotatable bonds is 3. The van der Waals surface area contributed by atoms with Crippen LogP contribution < -0.4 is 5.32 Å². The predicted molar refractivity (Wildman–Crippen MR) is 87.3 cm³/mol. The van der Waals surface area contributed by atoms with Gasteiger partial charge in [-0.05, 0) is 25.0 Å². The van der Waals surface area contributed by atoms with E-state index in [2.05, 4.69) is 20.4 Å². The van der Waals surface area contributed by atoms with Crippen LogP contribution in [0.5, 0.6) is 0 Å². The van der Waals surface area contributed by atoms with Crippen LogP contribution in [0.1, 0.15) is 24.8 Å². The second kappa shape index (κ2) is 5.85. The molecule has 0 aliphatic carbocycles. The van der Waals surface area contributed by atoms with Crippen molar-refractivity contribution in [1.29, 1.82) is 0 Å². The summed E-state index contributed by atoms with van der Waals surface area (Å²) in [4.78, 5) is 37.8. The van der Waals surface area contributed by atoms with Gasteiger partial charge in [-0.15, -0.1) is 0 Å². The highest BCUT2D eigenvalue weighted by atomic mass is 31.2. The van der Waals surface area contributed by atoms with Crippen molar-refractivity contribution in [2.24, 2.45) is 0 Å². The largest absolute Gasteiger partial charge is 0.349 e. The number of anilines is 1. The predicted octanol–water partition coefficient (Wildman–Crippen LogP) is 1.16. The third kappa shape index (κ3) is 3.12. The Labute approximate surface area is 141 Å². The third-order valence-electron chi connectivity index (χ3n) is 3.95. The lowest BCUT2D eigenvalue weighted by Gasteiger charge is -2.13. The number of hydrogen-bond donors (Lipinski definition) is 3. The summed E-state index contributed by atoms with van der Waals surface area (Å²) in [5.41, 5.74) is 1.08. The minimum atomic E-state index is -4.21. The smallest absolute Gasteiger partial charge is 0.348 e. The highest BCUT2D eigenvalue weighted by molar-refractivity contribution is 7.55. The fourth-order valence-corrected chi connectivity index (χ4v) is 3.32. The molecule has 11 heteroatoms. The minimum Gasteiger partial charge on any atom is -0.349 e. The SMILES string of the molecule is O=C1C=Cc2nn([C@H]3CC[C@@H](/C=C/P(=O)(O)O)O3)c3ncnc(c23)N1. The Hall–Kier alpha value is -2.39. The Balaban J connectivity index is 1.67. The van der Waals surface area contributed by atoms with Crippen molar-refractivity contribution in [2.45, 2.75) is 25.2 Å². The molecule has 130 valence electrons. The summed E-state index contributed by atoms with van der Waals surface area (Å²) in [7, 11) is -4.21. The third-order valence-corrected chi connectivity index (χ3v) is 4.51. The van der Waals surface area contributed by atoms with Gasteiger partial charge in [0.25, 0.3) is 0 Å². The monoisotopic (exact) mass is 363 g/mol. The maximum absolute atomic E-state index is 11.6. The first-order valence-electron chi connectivity index (χ1n) is 7.53. The molecule has 0 radical (unpaired) electrons. The zero-order valence-electron chi connectivity index (χ0n) is 12.8. The first kappa shape index (κ1) is 16.1. The van der Waals surface area contributed by atoms with E-state index < -0.39 is 19.9 Å². The van der Waals surface area contributed by atoms with Gasteiger partial charge >= 0.3 is 7.60 Å². The maximum atomic E-state index is 11.6. The number of ether oxygens (including phenoxy) is 1. The van der Waals surface area contributed by atoms with Crippen LogP contribution in [0.15, 0.2) is 24.3 Å². The molecule has 0 spiro atoms. The standard InChI is InChI=1S/C14H14N5O5P/c20-10-3-2-9-12-13(17-10)15-7-16-14(12)19(18-9)11-4-1-8(24-11)5-6-25(21,22)23/h2-3,5-8,11H,1,4H2,(H2,21,22,23)(H,15,16,17,20)/b6-5+/t8-,11+/m0/s1. The summed E-state index contributed by atoms with van der Waals surface area (Å²) in [6, 6.07) is 0. The van der Waals surface area contributed by atoms with Crippen LogP contribution in [0.4, 0.5) is 5.82 Å². The van der Waals surface area contributed by atoms with Gasteiger partial charge in [-0.1, -0.05) is 0 Å². The molecule has 25 heavy (non-hydrogen) atoms. The van der Waals surface area contributed by atoms with Crippen molar-refractivity contribution in [3.8, 4) is 0 Å². The van der Waals surface area contributed by atoms with Crippen molar-refractivity contribution >= 4 is 36.4 Å². The van der Waals surface area contributed by atoms with Crippen LogP contribution >= 0.6 is 7.60 Å². The topological polar surface area (TPSA) is 139 Å². The van der Waals surface area contributed by atoms with Gasteiger partial charge < -0.3 is 19.8 Å². The van der Waals surface area contributed by atoms with Gasteiger partial charge in [0.2, 0.25) is 5.91 Å². The number of aromatic nitrogens is 4. The zero-order valence-corrected chi connectivity index (χ0v) is 13.7. The lowest BCUT2D eigenvalue weighted by atomic mass is 10.2. The number of hydrogen-bond acceptors (Lipinski definition) is 6. The highest BCUT2D eigenvalue weighted by Crippen LogP contribution is 2.39. The Morgan fingerprint density at radius 2 is 2.16 bits per heavy atom. The lowest BCUT2D eigenvalue weighted by molar-refractivity contribution is -0.111. The molecule has 2 aromatic heterocycles. The molecule has 10 nitrogen and oxygen atoms in total. The van der Waals surface area contributed by atoms with Crippen LogP contribution in [0.25, 0.3) is 17.1 Å². The number of amides is 1. The van der Waals surface area contributed by atoms with E-state index in [1.807, 2.05) is 0 Å². The average Bonchev–Trinajstić information content (AvgIpc) is 3.11. The summed E-state index contributed by atoms with van der Waals surface area (Å²) in [6.45, 7) is 0. The Morgan fingerprint density at radius 1 is 1.32 bits per heavy atom. The number of nitrogens with zero attached hydrogens (tertiary/aromatic N) is 4. The lowest BCUT2D eigenvalue weighted by Crippen LogP contribution is -2.13. The molecule has 0 unspecified atom stereocenters. The van der Waals surface area contributed by atoms with Crippen molar-refractivity contribution < 1.29 is 23.9 Å². The molecule has 3 N–H and O–H groups in total. The molecule has 1 fully saturated rings. The van der Waals surface area contributed by atoms with Crippen molar-refractivity contribution in [2.75, 3.05) is 5.32 Å². The van der Waals surface area contributed by atoms with E-state index >= 15 is 0 Å². The molecule has 1 amide bonds. The highest BCUT2D eigenvalue weighted by Gasteiger charge is 2.30. The summed E-state index contributed by atoms with van der Waals surface area (Å²) in [5, 5.41) is 7.77. The quantitative estimate of drug-likeness (QED) is 0.690. The molecule has 0 aromatic carbocycles. The fourth-order valence-electron chi connectivity index (χ4n) is 2.90. The van der Waals surface area contributed by atoms with E-state index in [-0.39, 0.29) is 5.91 Å². The second-order valence-corrected chi connectivity index (χ2v) is 7.19. The molecule has 0 saturated carbocycles. The van der Waals surface area contributed by atoms with Gasteiger partial charge in [-0.25, -0.2) is 14.6 Å². The van der Waals surface area contributed by atoms with Gasteiger partial charge in [0.1, 0.15) is 12.1 Å². The van der Waals surface area contributed by atoms with E-state index in [0.29, 0.717) is 35.4 Å². The van der Waals surface area contributed by atoms with E-state index in [4.69, 9.17) is 14.5 Å². The molecular formula is C14H14N5O5P. The van der Waals surface area contributed by atoms with Gasteiger partial charge in [-0.3, -0.25) is 9.36 Å². The summed E-state index contributed by atoms with van der Waals surface area (Å²) < 4.78 is 18.4. The average molecular weight is 363 g/mol. The van der Waals surface area contributed by atoms with Crippen LogP contribution in [0.2, 0.25) is 0 Å². The molecule has 4 heterocycles. The number of carbonyl (C=O) groups is 1. The Morgan fingerprint density at radius 3 is 2.96 bits per heavy atom. The number of nitrogens with one attached hydrogen (secondary N) is 1. The summed E-state index contributed by atoms with van der Waals surface area (Å²) >= 11 is 0. The van der Waals surface area contributed by atoms with Crippen molar-refractivity contribution in [3.05, 3.63) is 30.0 Å². The first-order chi connectivity index (χ1) is 11.9. The molecular weight excluding hydrogens is 349 g/mol. The van der Waals surface area contributed by atoms with E-state index in [0.717, 1.165) is 5.82 Å².